The van der Waals surface area contributed by atoms with Gasteiger partial charge in [-0.1, -0.05) is 26.8 Å². The van der Waals surface area contributed by atoms with Crippen LogP contribution in [0, 0.1) is 12.8 Å². The lowest BCUT2D eigenvalue weighted by Gasteiger charge is -2.31. The number of benzene rings is 1. The van der Waals surface area contributed by atoms with Gasteiger partial charge in [-0.3, -0.25) is 9.59 Å². The van der Waals surface area contributed by atoms with Crippen molar-refractivity contribution in [2.75, 3.05) is 25.5 Å². The van der Waals surface area contributed by atoms with E-state index in [0.717, 1.165) is 22.6 Å². The molecule has 0 bridgehead atoms. The molecule has 25 heavy (non-hydrogen) atoms. The number of likely N-dealkylation sites (tertiary alicyclic amines) is 1. The molecule has 1 aromatic carbocycles. The molecule has 0 spiro atoms. The number of aryl methyl sites for hydroxylation is 1. The third-order valence-corrected chi connectivity index (χ3v) is 4.81. The number of nitrogens with one attached hydrogen (secondary N) is 1. The first kappa shape index (κ1) is 19.3. The van der Waals surface area contributed by atoms with E-state index in [9.17, 15) is 9.59 Å². The average molecular weight is 346 g/mol. The Labute approximate surface area is 150 Å². The van der Waals surface area contributed by atoms with Crippen molar-refractivity contribution in [1.82, 2.24) is 4.90 Å². The van der Waals surface area contributed by atoms with Crippen LogP contribution >= 0.6 is 0 Å². The largest absolute Gasteiger partial charge is 0.494 e. The van der Waals surface area contributed by atoms with E-state index in [4.69, 9.17) is 4.74 Å². The molecule has 0 aliphatic carbocycles. The van der Waals surface area contributed by atoms with Crippen molar-refractivity contribution in [2.24, 2.45) is 5.92 Å². The third kappa shape index (κ3) is 4.53. The number of carbonyl (C=O) groups is 2. The summed E-state index contributed by atoms with van der Waals surface area (Å²) >= 11 is 0. The minimum Gasteiger partial charge on any atom is -0.494 e. The van der Waals surface area contributed by atoms with Crippen molar-refractivity contribution < 1.29 is 14.3 Å². The molecule has 0 saturated carbocycles. The van der Waals surface area contributed by atoms with Crippen molar-refractivity contribution in [3.63, 3.8) is 0 Å². The molecule has 0 aromatic heterocycles. The Morgan fingerprint density at radius 3 is 2.28 bits per heavy atom. The molecular weight excluding hydrogens is 316 g/mol. The van der Waals surface area contributed by atoms with E-state index < -0.39 is 0 Å². The number of anilines is 1. The summed E-state index contributed by atoms with van der Waals surface area (Å²) in [6.45, 7) is 11.3. The highest BCUT2D eigenvalue weighted by Crippen LogP contribution is 2.38. The maximum absolute atomic E-state index is 12.7. The fourth-order valence-electron chi connectivity index (χ4n) is 3.33. The van der Waals surface area contributed by atoms with Gasteiger partial charge in [0.05, 0.1) is 12.8 Å². The van der Waals surface area contributed by atoms with Gasteiger partial charge in [-0.25, -0.2) is 0 Å². The number of piperidine rings is 1. The number of rotatable bonds is 3. The molecule has 1 saturated heterocycles. The van der Waals surface area contributed by atoms with E-state index in [1.54, 1.807) is 18.9 Å². The molecule has 1 N–H and O–H groups in total. The number of hydrogen-bond donors (Lipinski definition) is 1. The minimum atomic E-state index is -0.0797. The third-order valence-electron chi connectivity index (χ3n) is 4.81. The van der Waals surface area contributed by atoms with Crippen molar-refractivity contribution in [3.8, 4) is 5.75 Å². The predicted octanol–water partition coefficient (Wildman–Crippen LogP) is 3.50. The second-order valence-corrected chi connectivity index (χ2v) is 7.91. The molecule has 1 heterocycles. The normalized spacial score (nSPS) is 15.8. The molecular formula is C20H30N2O3. The van der Waals surface area contributed by atoms with Crippen LogP contribution in [0.5, 0.6) is 5.75 Å². The summed E-state index contributed by atoms with van der Waals surface area (Å²) in [6.07, 6.45) is 1.40. The zero-order valence-corrected chi connectivity index (χ0v) is 16.2. The number of nitrogens with zero attached hydrogens (tertiary/aromatic N) is 1. The van der Waals surface area contributed by atoms with E-state index in [2.05, 4.69) is 32.2 Å². The van der Waals surface area contributed by atoms with Gasteiger partial charge in [-0.2, -0.15) is 0 Å². The van der Waals surface area contributed by atoms with Crippen molar-refractivity contribution in [3.05, 3.63) is 23.3 Å². The number of amides is 2. The second kappa shape index (κ2) is 7.46. The number of methoxy groups -OCH3 is 1. The minimum absolute atomic E-state index is 0.00645. The molecule has 1 fully saturated rings. The van der Waals surface area contributed by atoms with Gasteiger partial charge >= 0.3 is 0 Å². The number of ether oxygens (including phenoxy) is 1. The van der Waals surface area contributed by atoms with E-state index >= 15 is 0 Å². The van der Waals surface area contributed by atoms with E-state index in [1.807, 2.05) is 13.0 Å². The lowest BCUT2D eigenvalue weighted by molar-refractivity contribution is -0.132. The van der Waals surface area contributed by atoms with Crippen LogP contribution in [0.2, 0.25) is 0 Å². The number of carbonyl (C=O) groups excluding carboxylic acids is 2. The Hall–Kier alpha value is -2.04. The highest BCUT2D eigenvalue weighted by molar-refractivity contribution is 5.94. The molecule has 2 amide bonds. The van der Waals surface area contributed by atoms with Crippen LogP contribution in [0.3, 0.4) is 0 Å². The topological polar surface area (TPSA) is 58.6 Å². The lowest BCUT2D eigenvalue weighted by Crippen LogP contribution is -2.40. The zero-order valence-electron chi connectivity index (χ0n) is 16.2. The van der Waals surface area contributed by atoms with Crippen LogP contribution in [0.15, 0.2) is 12.1 Å². The Kier molecular flexibility index (Phi) is 5.76. The summed E-state index contributed by atoms with van der Waals surface area (Å²) < 4.78 is 5.63. The van der Waals surface area contributed by atoms with Gasteiger partial charge in [-0.15, -0.1) is 0 Å². The van der Waals surface area contributed by atoms with E-state index in [-0.39, 0.29) is 23.1 Å². The molecule has 1 aliphatic heterocycles. The Bertz CT molecular complexity index is 654. The van der Waals surface area contributed by atoms with Gasteiger partial charge in [0, 0.05) is 31.5 Å². The Morgan fingerprint density at radius 1 is 1.20 bits per heavy atom. The molecule has 5 heteroatoms. The summed E-state index contributed by atoms with van der Waals surface area (Å²) in [5, 5.41) is 3.06. The van der Waals surface area contributed by atoms with Crippen LogP contribution in [0.4, 0.5) is 5.69 Å². The highest BCUT2D eigenvalue weighted by atomic mass is 16.5. The Morgan fingerprint density at radius 2 is 1.80 bits per heavy atom. The van der Waals surface area contributed by atoms with E-state index in [1.165, 1.54) is 0 Å². The van der Waals surface area contributed by atoms with Crippen molar-refractivity contribution in [2.45, 2.75) is 52.9 Å². The molecule has 2 rings (SSSR count). The van der Waals surface area contributed by atoms with Crippen LogP contribution in [-0.4, -0.2) is 36.9 Å². The Balaban J connectivity index is 2.18. The van der Waals surface area contributed by atoms with E-state index in [0.29, 0.717) is 25.9 Å². The molecule has 0 radical (unpaired) electrons. The molecule has 0 unspecified atom stereocenters. The molecule has 1 aromatic rings. The molecule has 5 nitrogen and oxygen atoms in total. The quantitative estimate of drug-likeness (QED) is 0.911. The lowest BCUT2D eigenvalue weighted by atomic mass is 9.85. The van der Waals surface area contributed by atoms with Gasteiger partial charge in [0.2, 0.25) is 11.8 Å². The molecule has 1 aliphatic rings. The number of hydrogen-bond acceptors (Lipinski definition) is 3. The van der Waals surface area contributed by atoms with Crippen LogP contribution in [0.1, 0.15) is 51.7 Å². The maximum atomic E-state index is 12.7. The fraction of sp³-hybridized carbons (Fsp3) is 0.600. The molecule has 138 valence electrons. The zero-order chi connectivity index (χ0) is 18.8. The van der Waals surface area contributed by atoms with Crippen LogP contribution < -0.4 is 10.1 Å². The fourth-order valence-corrected chi connectivity index (χ4v) is 3.33. The van der Waals surface area contributed by atoms with Gasteiger partial charge in [0.15, 0.2) is 0 Å². The van der Waals surface area contributed by atoms with Gasteiger partial charge < -0.3 is 15.0 Å². The predicted molar refractivity (Wildman–Crippen MR) is 100 cm³/mol. The smallest absolute Gasteiger partial charge is 0.227 e. The maximum Gasteiger partial charge on any atom is 0.227 e. The second-order valence-electron chi connectivity index (χ2n) is 7.91. The average Bonchev–Trinajstić information content (AvgIpc) is 2.53. The van der Waals surface area contributed by atoms with Gasteiger partial charge in [0.1, 0.15) is 5.75 Å². The first-order chi connectivity index (χ1) is 11.6. The van der Waals surface area contributed by atoms with Crippen LogP contribution in [0.25, 0.3) is 0 Å². The summed E-state index contributed by atoms with van der Waals surface area (Å²) in [7, 11) is 1.64. The highest BCUT2D eigenvalue weighted by Gasteiger charge is 2.28. The summed E-state index contributed by atoms with van der Waals surface area (Å²) in [6, 6.07) is 4.07. The monoisotopic (exact) mass is 346 g/mol. The van der Waals surface area contributed by atoms with Crippen molar-refractivity contribution in [1.29, 1.82) is 0 Å². The summed E-state index contributed by atoms with van der Waals surface area (Å²) in [5.74, 6) is 0.743. The summed E-state index contributed by atoms with van der Waals surface area (Å²) in [4.78, 5) is 25.9. The summed E-state index contributed by atoms with van der Waals surface area (Å²) in [5.41, 5.74) is 2.82. The first-order valence-corrected chi connectivity index (χ1v) is 8.89. The van der Waals surface area contributed by atoms with Gasteiger partial charge in [-0.05, 0) is 36.8 Å². The first-order valence-electron chi connectivity index (χ1n) is 8.89. The van der Waals surface area contributed by atoms with Crippen LogP contribution in [-0.2, 0) is 15.0 Å². The van der Waals surface area contributed by atoms with Crippen molar-refractivity contribution >= 4 is 17.5 Å². The SMILES string of the molecule is COc1c(NC(=O)C2CCN(C(C)=O)CC2)cc(C)cc1C(C)(C)C. The molecule has 0 atom stereocenters. The standard InChI is InChI=1S/C20H30N2O3/c1-13-11-16(20(3,4)5)18(25-6)17(12-13)21-19(24)15-7-9-22(10-8-15)14(2)23/h11-12,15H,7-10H2,1-6H3,(H,21,24). The van der Waals surface area contributed by atoms with Gasteiger partial charge in [0.25, 0.3) is 0 Å².